The number of carbonyl (C=O) groups is 1. The van der Waals surface area contributed by atoms with Gasteiger partial charge in [-0.25, -0.2) is 0 Å². The van der Waals surface area contributed by atoms with Crippen molar-refractivity contribution in [1.82, 2.24) is 4.90 Å². The van der Waals surface area contributed by atoms with E-state index < -0.39 is 5.97 Å². The first-order chi connectivity index (χ1) is 5.61. The summed E-state index contributed by atoms with van der Waals surface area (Å²) < 4.78 is 0. The first kappa shape index (κ1) is 9.52. The van der Waals surface area contributed by atoms with Gasteiger partial charge in [0.05, 0.1) is 6.54 Å². The van der Waals surface area contributed by atoms with E-state index in [1.54, 1.807) is 0 Å². The Hall–Kier alpha value is -0.570. The summed E-state index contributed by atoms with van der Waals surface area (Å²) in [6.07, 6.45) is 3.65. The minimum absolute atomic E-state index is 0.176. The lowest BCUT2D eigenvalue weighted by Gasteiger charge is -2.25. The molecule has 3 heteroatoms. The number of rotatable bonds is 3. The Bertz CT molecular complexity index is 170. The van der Waals surface area contributed by atoms with Gasteiger partial charge >= 0.3 is 5.97 Å². The monoisotopic (exact) mass is 171 g/mol. The summed E-state index contributed by atoms with van der Waals surface area (Å²) >= 11 is 0. The van der Waals surface area contributed by atoms with Gasteiger partial charge in [0.1, 0.15) is 0 Å². The molecule has 1 aliphatic carbocycles. The van der Waals surface area contributed by atoms with E-state index in [1.807, 2.05) is 11.9 Å². The number of hydrogen-bond donors (Lipinski definition) is 1. The Balaban J connectivity index is 2.40. The maximum Gasteiger partial charge on any atom is 0.317 e. The molecule has 0 bridgehead atoms. The van der Waals surface area contributed by atoms with Crippen molar-refractivity contribution >= 4 is 5.97 Å². The molecule has 0 saturated heterocycles. The maximum absolute atomic E-state index is 10.4. The van der Waals surface area contributed by atoms with Crippen LogP contribution in [0.1, 0.15) is 26.2 Å². The fourth-order valence-corrected chi connectivity index (χ4v) is 2.11. The van der Waals surface area contributed by atoms with Crippen LogP contribution in [0.4, 0.5) is 0 Å². The van der Waals surface area contributed by atoms with Gasteiger partial charge in [0.2, 0.25) is 0 Å². The molecule has 70 valence electrons. The average molecular weight is 171 g/mol. The van der Waals surface area contributed by atoms with Crippen molar-refractivity contribution in [2.45, 2.75) is 32.2 Å². The number of likely N-dealkylation sites (N-methyl/N-ethyl adjacent to an activating group) is 1. The SMILES string of the molecule is CC1CCCC1N(C)CC(=O)O. The van der Waals surface area contributed by atoms with Gasteiger partial charge < -0.3 is 5.11 Å². The normalized spacial score (nSPS) is 29.6. The predicted molar refractivity (Wildman–Crippen MR) is 47.1 cm³/mol. The first-order valence-corrected chi connectivity index (χ1v) is 4.53. The van der Waals surface area contributed by atoms with Crippen LogP contribution >= 0.6 is 0 Å². The van der Waals surface area contributed by atoms with E-state index in [1.165, 1.54) is 12.8 Å². The van der Waals surface area contributed by atoms with Crippen LogP contribution in [0.2, 0.25) is 0 Å². The van der Waals surface area contributed by atoms with Crippen LogP contribution in [0.3, 0.4) is 0 Å². The molecule has 0 aromatic rings. The van der Waals surface area contributed by atoms with Crippen molar-refractivity contribution in [3.05, 3.63) is 0 Å². The summed E-state index contributed by atoms with van der Waals surface area (Å²) in [5.41, 5.74) is 0. The smallest absolute Gasteiger partial charge is 0.317 e. The Labute approximate surface area is 73.4 Å². The molecule has 1 rings (SSSR count). The van der Waals surface area contributed by atoms with Crippen LogP contribution in [-0.2, 0) is 4.79 Å². The number of carboxylic acids is 1. The van der Waals surface area contributed by atoms with Gasteiger partial charge in [-0.15, -0.1) is 0 Å². The second-order valence-corrected chi connectivity index (χ2v) is 3.78. The Kier molecular flexibility index (Phi) is 3.09. The summed E-state index contributed by atoms with van der Waals surface area (Å²) in [7, 11) is 1.90. The quantitative estimate of drug-likeness (QED) is 0.693. The number of aliphatic carboxylic acids is 1. The molecule has 0 aliphatic heterocycles. The highest BCUT2D eigenvalue weighted by Gasteiger charge is 2.27. The lowest BCUT2D eigenvalue weighted by atomic mass is 10.1. The summed E-state index contributed by atoms with van der Waals surface area (Å²) in [6.45, 7) is 2.38. The zero-order chi connectivity index (χ0) is 9.14. The first-order valence-electron chi connectivity index (χ1n) is 4.53. The van der Waals surface area contributed by atoms with Gasteiger partial charge in [0.25, 0.3) is 0 Å². The standard InChI is InChI=1S/C9H17NO2/c1-7-4-3-5-8(7)10(2)6-9(11)12/h7-8H,3-6H2,1-2H3,(H,11,12). The van der Waals surface area contributed by atoms with Crippen molar-refractivity contribution in [3.63, 3.8) is 0 Å². The highest BCUT2D eigenvalue weighted by Crippen LogP contribution is 2.28. The van der Waals surface area contributed by atoms with E-state index in [-0.39, 0.29) is 6.54 Å². The van der Waals surface area contributed by atoms with Crippen LogP contribution < -0.4 is 0 Å². The van der Waals surface area contributed by atoms with Crippen molar-refractivity contribution in [1.29, 1.82) is 0 Å². The van der Waals surface area contributed by atoms with E-state index >= 15 is 0 Å². The summed E-state index contributed by atoms with van der Waals surface area (Å²) in [5, 5.41) is 8.59. The summed E-state index contributed by atoms with van der Waals surface area (Å²) in [6, 6.07) is 0.487. The van der Waals surface area contributed by atoms with Gasteiger partial charge in [-0.05, 0) is 25.8 Å². The van der Waals surface area contributed by atoms with E-state index in [0.717, 1.165) is 6.42 Å². The zero-order valence-electron chi connectivity index (χ0n) is 7.79. The molecule has 12 heavy (non-hydrogen) atoms. The van der Waals surface area contributed by atoms with E-state index in [4.69, 9.17) is 5.11 Å². The van der Waals surface area contributed by atoms with Crippen LogP contribution in [0.15, 0.2) is 0 Å². The van der Waals surface area contributed by atoms with Crippen molar-refractivity contribution < 1.29 is 9.90 Å². The summed E-state index contributed by atoms with van der Waals surface area (Å²) in [5.74, 6) is -0.0639. The van der Waals surface area contributed by atoms with Gasteiger partial charge in [-0.1, -0.05) is 13.3 Å². The molecular weight excluding hydrogens is 154 g/mol. The molecule has 0 heterocycles. The summed E-state index contributed by atoms with van der Waals surface area (Å²) in [4.78, 5) is 12.4. The molecule has 1 fully saturated rings. The molecule has 0 amide bonds. The largest absolute Gasteiger partial charge is 0.480 e. The molecular formula is C9H17NO2. The average Bonchev–Trinajstić information content (AvgIpc) is 2.33. The highest BCUT2D eigenvalue weighted by atomic mass is 16.4. The third-order valence-corrected chi connectivity index (χ3v) is 2.77. The van der Waals surface area contributed by atoms with Gasteiger partial charge in [0, 0.05) is 6.04 Å². The molecule has 0 spiro atoms. The second kappa shape index (κ2) is 3.90. The Morgan fingerprint density at radius 1 is 1.58 bits per heavy atom. The van der Waals surface area contributed by atoms with Gasteiger partial charge in [-0.2, -0.15) is 0 Å². The molecule has 3 nitrogen and oxygen atoms in total. The Morgan fingerprint density at radius 3 is 2.67 bits per heavy atom. The fraction of sp³-hybridized carbons (Fsp3) is 0.889. The molecule has 0 radical (unpaired) electrons. The van der Waals surface area contributed by atoms with E-state index in [2.05, 4.69) is 6.92 Å². The van der Waals surface area contributed by atoms with E-state index in [9.17, 15) is 4.79 Å². The molecule has 0 aromatic heterocycles. The van der Waals surface area contributed by atoms with Crippen LogP contribution in [0.5, 0.6) is 0 Å². The molecule has 0 aromatic carbocycles. The molecule has 1 saturated carbocycles. The number of carboxylic acid groups (broad SMARTS) is 1. The van der Waals surface area contributed by atoms with Crippen molar-refractivity contribution in [2.24, 2.45) is 5.92 Å². The highest BCUT2D eigenvalue weighted by molar-refractivity contribution is 5.69. The zero-order valence-corrected chi connectivity index (χ0v) is 7.79. The fourth-order valence-electron chi connectivity index (χ4n) is 2.11. The number of nitrogens with zero attached hydrogens (tertiary/aromatic N) is 1. The van der Waals surface area contributed by atoms with Gasteiger partial charge in [0.15, 0.2) is 0 Å². The molecule has 1 N–H and O–H groups in total. The van der Waals surface area contributed by atoms with Crippen LogP contribution in [0.25, 0.3) is 0 Å². The lowest BCUT2D eigenvalue weighted by Crippen LogP contribution is -2.37. The van der Waals surface area contributed by atoms with Crippen LogP contribution in [-0.4, -0.2) is 35.6 Å². The third-order valence-electron chi connectivity index (χ3n) is 2.77. The van der Waals surface area contributed by atoms with Gasteiger partial charge in [-0.3, -0.25) is 9.69 Å². The molecule has 2 atom stereocenters. The third kappa shape index (κ3) is 2.21. The van der Waals surface area contributed by atoms with Crippen molar-refractivity contribution in [2.75, 3.05) is 13.6 Å². The minimum Gasteiger partial charge on any atom is -0.480 e. The molecule has 2 unspecified atom stereocenters. The second-order valence-electron chi connectivity index (χ2n) is 3.78. The van der Waals surface area contributed by atoms with E-state index in [0.29, 0.717) is 12.0 Å². The molecule has 1 aliphatic rings. The lowest BCUT2D eigenvalue weighted by molar-refractivity contribution is -0.138. The maximum atomic E-state index is 10.4. The predicted octanol–water partition coefficient (Wildman–Crippen LogP) is 1.19. The van der Waals surface area contributed by atoms with Crippen molar-refractivity contribution in [3.8, 4) is 0 Å². The minimum atomic E-state index is -0.725. The Morgan fingerprint density at radius 2 is 2.25 bits per heavy atom. The van der Waals surface area contributed by atoms with Crippen LogP contribution in [0, 0.1) is 5.92 Å². The topological polar surface area (TPSA) is 40.5 Å². The number of hydrogen-bond acceptors (Lipinski definition) is 2.